The van der Waals surface area contributed by atoms with Crippen LogP contribution in [-0.2, 0) is 0 Å². The highest BCUT2D eigenvalue weighted by Gasteiger charge is 2.10. The van der Waals surface area contributed by atoms with Gasteiger partial charge in [-0.3, -0.25) is 5.10 Å². The topological polar surface area (TPSA) is 79.4 Å². The van der Waals surface area contributed by atoms with Gasteiger partial charge in [0.2, 0.25) is 0 Å². The average Bonchev–Trinajstić information content (AvgIpc) is 2.74. The predicted octanol–water partition coefficient (Wildman–Crippen LogP) is 1.42. The van der Waals surface area contributed by atoms with E-state index in [9.17, 15) is 0 Å². The molecule has 0 saturated carbocycles. The summed E-state index contributed by atoms with van der Waals surface area (Å²) in [6, 6.07) is -0.0418. The van der Waals surface area contributed by atoms with Crippen molar-refractivity contribution in [1.82, 2.24) is 25.1 Å². The van der Waals surface area contributed by atoms with Crippen LogP contribution in [0.15, 0.2) is 18.9 Å². The number of aromatic amines is 1. The van der Waals surface area contributed by atoms with Gasteiger partial charge in [0.1, 0.15) is 29.3 Å². The number of halogens is 1. The van der Waals surface area contributed by atoms with Gasteiger partial charge in [0, 0.05) is 0 Å². The van der Waals surface area contributed by atoms with Crippen LogP contribution in [0.4, 0.5) is 5.82 Å². The molecule has 1 unspecified atom stereocenters. The molecule has 0 aliphatic heterocycles. The van der Waals surface area contributed by atoms with E-state index < -0.39 is 0 Å². The van der Waals surface area contributed by atoms with E-state index in [4.69, 9.17) is 11.6 Å². The van der Waals surface area contributed by atoms with Gasteiger partial charge in [-0.15, -0.1) is 0 Å². The van der Waals surface area contributed by atoms with E-state index in [2.05, 4.69) is 30.5 Å². The fourth-order valence-electron chi connectivity index (χ4n) is 1.12. The zero-order chi connectivity index (χ0) is 10.7. The van der Waals surface area contributed by atoms with Crippen LogP contribution in [0.5, 0.6) is 0 Å². The van der Waals surface area contributed by atoms with Crippen LogP contribution in [0.2, 0.25) is 5.02 Å². The highest BCUT2D eigenvalue weighted by molar-refractivity contribution is 6.32. The molecule has 0 aliphatic carbocycles. The molecule has 2 heterocycles. The molecule has 6 nitrogen and oxygen atoms in total. The molecule has 0 amide bonds. The Morgan fingerprint density at radius 2 is 2.27 bits per heavy atom. The molecule has 1 atom stereocenters. The van der Waals surface area contributed by atoms with Crippen molar-refractivity contribution in [3.63, 3.8) is 0 Å². The lowest BCUT2D eigenvalue weighted by Gasteiger charge is -2.11. The van der Waals surface area contributed by atoms with E-state index in [1.54, 1.807) is 0 Å². The number of nitrogens with one attached hydrogen (secondary N) is 2. The number of H-pyrrole nitrogens is 1. The maximum Gasteiger partial charge on any atom is 0.148 e. The second kappa shape index (κ2) is 4.22. The standard InChI is InChI=1S/C8H9ClN6/c1-5(7-12-4-13-15-7)14-8-6(9)2-10-3-11-8/h2-5H,1H3,(H,10,11,14)(H,12,13,15). The summed E-state index contributed by atoms with van der Waals surface area (Å²) in [6.07, 6.45) is 4.42. The number of rotatable bonds is 3. The molecule has 0 aliphatic rings. The van der Waals surface area contributed by atoms with Crippen LogP contribution in [0.1, 0.15) is 18.8 Å². The first-order valence-electron chi connectivity index (χ1n) is 4.34. The molecule has 15 heavy (non-hydrogen) atoms. The van der Waals surface area contributed by atoms with Crippen LogP contribution in [0, 0.1) is 0 Å². The molecule has 0 saturated heterocycles. The van der Waals surface area contributed by atoms with Gasteiger partial charge < -0.3 is 5.32 Å². The highest BCUT2D eigenvalue weighted by Crippen LogP contribution is 2.20. The van der Waals surface area contributed by atoms with Crippen LogP contribution < -0.4 is 5.32 Å². The third-order valence-corrected chi connectivity index (χ3v) is 2.14. The van der Waals surface area contributed by atoms with E-state index in [1.165, 1.54) is 18.9 Å². The molecule has 2 aromatic heterocycles. The van der Waals surface area contributed by atoms with Gasteiger partial charge >= 0.3 is 0 Å². The zero-order valence-corrected chi connectivity index (χ0v) is 8.73. The summed E-state index contributed by atoms with van der Waals surface area (Å²) in [4.78, 5) is 11.8. The minimum absolute atomic E-state index is 0.0418. The Hall–Kier alpha value is -1.69. The predicted molar refractivity (Wildman–Crippen MR) is 55.5 cm³/mol. The number of hydrogen-bond donors (Lipinski definition) is 2. The van der Waals surface area contributed by atoms with Crippen LogP contribution in [0.25, 0.3) is 0 Å². The largest absolute Gasteiger partial charge is 0.359 e. The average molecular weight is 225 g/mol. The van der Waals surface area contributed by atoms with Crippen molar-refractivity contribution in [2.75, 3.05) is 5.32 Å². The maximum absolute atomic E-state index is 5.90. The Balaban J connectivity index is 2.13. The number of nitrogens with zero attached hydrogens (tertiary/aromatic N) is 4. The summed E-state index contributed by atoms with van der Waals surface area (Å²) in [6.45, 7) is 1.93. The smallest absolute Gasteiger partial charge is 0.148 e. The van der Waals surface area contributed by atoms with E-state index in [-0.39, 0.29) is 6.04 Å². The van der Waals surface area contributed by atoms with Crippen molar-refractivity contribution < 1.29 is 0 Å². The van der Waals surface area contributed by atoms with Crippen molar-refractivity contribution >= 4 is 17.4 Å². The maximum atomic E-state index is 5.90. The Labute approximate surface area is 91.1 Å². The molecular formula is C8H9ClN6. The van der Waals surface area contributed by atoms with Crippen molar-refractivity contribution in [2.24, 2.45) is 0 Å². The first-order valence-corrected chi connectivity index (χ1v) is 4.72. The normalized spacial score (nSPS) is 12.4. The van der Waals surface area contributed by atoms with Crippen LogP contribution >= 0.6 is 11.6 Å². The summed E-state index contributed by atoms with van der Waals surface area (Å²) in [5, 5.41) is 10.1. The Bertz CT molecular complexity index is 428. The van der Waals surface area contributed by atoms with Gasteiger partial charge in [0.25, 0.3) is 0 Å². The fraction of sp³-hybridized carbons (Fsp3) is 0.250. The number of aromatic nitrogens is 5. The number of anilines is 1. The minimum atomic E-state index is -0.0418. The third-order valence-electron chi connectivity index (χ3n) is 1.86. The lowest BCUT2D eigenvalue weighted by atomic mass is 10.3. The molecule has 0 radical (unpaired) electrons. The van der Waals surface area contributed by atoms with Gasteiger partial charge in [-0.2, -0.15) is 5.10 Å². The molecule has 2 N–H and O–H groups in total. The van der Waals surface area contributed by atoms with Gasteiger partial charge in [-0.05, 0) is 6.92 Å². The second-order valence-corrected chi connectivity index (χ2v) is 3.36. The minimum Gasteiger partial charge on any atom is -0.359 e. The Kier molecular flexibility index (Phi) is 2.77. The molecule has 0 bridgehead atoms. The van der Waals surface area contributed by atoms with Crippen molar-refractivity contribution in [3.05, 3.63) is 29.7 Å². The molecule has 7 heteroatoms. The molecular weight excluding hydrogens is 216 g/mol. The zero-order valence-electron chi connectivity index (χ0n) is 7.98. The molecule has 0 aromatic carbocycles. The third kappa shape index (κ3) is 2.21. The first-order chi connectivity index (χ1) is 7.27. The van der Waals surface area contributed by atoms with Gasteiger partial charge in [-0.25, -0.2) is 15.0 Å². The Morgan fingerprint density at radius 3 is 2.93 bits per heavy atom. The summed E-state index contributed by atoms with van der Waals surface area (Å²) in [5.74, 6) is 1.31. The second-order valence-electron chi connectivity index (χ2n) is 2.96. The molecule has 78 valence electrons. The molecule has 2 rings (SSSR count). The van der Waals surface area contributed by atoms with Gasteiger partial charge in [0.15, 0.2) is 0 Å². The van der Waals surface area contributed by atoms with Crippen LogP contribution in [-0.4, -0.2) is 25.1 Å². The van der Waals surface area contributed by atoms with Crippen molar-refractivity contribution in [2.45, 2.75) is 13.0 Å². The molecule has 0 fully saturated rings. The summed E-state index contributed by atoms with van der Waals surface area (Å²) >= 11 is 5.90. The van der Waals surface area contributed by atoms with E-state index in [0.717, 1.165) is 5.82 Å². The fourth-order valence-corrected chi connectivity index (χ4v) is 1.28. The van der Waals surface area contributed by atoms with E-state index in [0.29, 0.717) is 10.8 Å². The van der Waals surface area contributed by atoms with Gasteiger partial charge in [-0.1, -0.05) is 11.6 Å². The lowest BCUT2D eigenvalue weighted by Crippen LogP contribution is -2.10. The highest BCUT2D eigenvalue weighted by atomic mass is 35.5. The van der Waals surface area contributed by atoms with E-state index in [1.807, 2.05) is 6.92 Å². The lowest BCUT2D eigenvalue weighted by molar-refractivity contribution is 0.789. The van der Waals surface area contributed by atoms with Crippen LogP contribution in [0.3, 0.4) is 0 Å². The summed E-state index contributed by atoms with van der Waals surface area (Å²) < 4.78 is 0. The molecule has 0 spiro atoms. The molecule has 2 aromatic rings. The SMILES string of the molecule is CC(Nc1ncncc1Cl)c1ncn[nH]1. The Morgan fingerprint density at radius 1 is 1.40 bits per heavy atom. The monoisotopic (exact) mass is 224 g/mol. The van der Waals surface area contributed by atoms with E-state index >= 15 is 0 Å². The summed E-state index contributed by atoms with van der Waals surface area (Å²) in [7, 11) is 0. The van der Waals surface area contributed by atoms with Crippen molar-refractivity contribution in [1.29, 1.82) is 0 Å². The van der Waals surface area contributed by atoms with Crippen molar-refractivity contribution in [3.8, 4) is 0 Å². The quantitative estimate of drug-likeness (QED) is 0.824. The first kappa shape index (κ1) is 9.85. The number of hydrogen-bond acceptors (Lipinski definition) is 5. The summed E-state index contributed by atoms with van der Waals surface area (Å²) in [5.41, 5.74) is 0. The van der Waals surface area contributed by atoms with Gasteiger partial charge in [0.05, 0.1) is 12.2 Å².